The van der Waals surface area contributed by atoms with Crippen LogP contribution in [0.15, 0.2) is 70.2 Å². The Kier molecular flexibility index (Phi) is 3.86. The van der Waals surface area contributed by atoms with Crippen LogP contribution < -0.4 is 16.0 Å². The Morgan fingerprint density at radius 2 is 1.68 bits per heavy atom. The van der Waals surface area contributed by atoms with E-state index in [1.807, 2.05) is 42.5 Å². The molecule has 2 aromatic rings. The lowest BCUT2D eigenvalue weighted by Crippen LogP contribution is -2.11. The van der Waals surface area contributed by atoms with Crippen molar-refractivity contribution >= 4 is 29.7 Å². The van der Waals surface area contributed by atoms with E-state index in [1.54, 1.807) is 0 Å². The number of hydrogen-bond donors (Lipinski definition) is 4. The quantitative estimate of drug-likeness (QED) is 0.647. The Labute approximate surface area is 162 Å². The van der Waals surface area contributed by atoms with Gasteiger partial charge >= 0.3 is 0 Å². The van der Waals surface area contributed by atoms with Crippen LogP contribution in [0.2, 0.25) is 0 Å². The zero-order valence-corrected chi connectivity index (χ0v) is 15.6. The van der Waals surface area contributed by atoms with Gasteiger partial charge in [-0.05, 0) is 67.1 Å². The fourth-order valence-electron chi connectivity index (χ4n) is 3.70. The van der Waals surface area contributed by atoms with Gasteiger partial charge in [0.25, 0.3) is 0 Å². The summed E-state index contributed by atoms with van der Waals surface area (Å²) in [5.74, 6) is 0. The van der Waals surface area contributed by atoms with Crippen molar-refractivity contribution in [3.8, 4) is 0 Å². The summed E-state index contributed by atoms with van der Waals surface area (Å²) in [7, 11) is 0. The molecule has 5 nitrogen and oxygen atoms in total. The van der Waals surface area contributed by atoms with Crippen molar-refractivity contribution in [2.45, 2.75) is 19.8 Å². The molecule has 0 aliphatic carbocycles. The molecule has 5 rings (SSSR count). The maximum absolute atomic E-state index is 8.64. The van der Waals surface area contributed by atoms with Gasteiger partial charge in [-0.1, -0.05) is 13.3 Å². The lowest BCUT2D eigenvalue weighted by molar-refractivity contribution is 0.924. The highest BCUT2D eigenvalue weighted by Gasteiger charge is 2.23. The number of allylic oxidation sites excluding steroid dienone is 4. The van der Waals surface area contributed by atoms with E-state index in [2.05, 4.69) is 40.4 Å². The van der Waals surface area contributed by atoms with Crippen LogP contribution in [0.5, 0.6) is 0 Å². The number of hydrogen-bond acceptors (Lipinski definition) is 3. The predicted octanol–water partition coefficient (Wildman–Crippen LogP) is 2.88. The minimum atomic E-state index is 0.560. The van der Waals surface area contributed by atoms with Crippen molar-refractivity contribution in [3.05, 3.63) is 87.2 Å². The molecule has 0 amide bonds. The van der Waals surface area contributed by atoms with Gasteiger partial charge in [0, 0.05) is 33.4 Å². The fraction of sp³-hybridized carbons (Fsp3) is 0.130. The lowest BCUT2D eigenvalue weighted by Gasteiger charge is -2.01. The second-order valence-electron chi connectivity index (χ2n) is 7.17. The van der Waals surface area contributed by atoms with Gasteiger partial charge in [-0.15, -0.1) is 0 Å². The third kappa shape index (κ3) is 3.01. The molecule has 0 unspecified atom stereocenters. The van der Waals surface area contributed by atoms with E-state index in [4.69, 9.17) is 10.4 Å². The first kappa shape index (κ1) is 16.6. The SMILES string of the molecule is CCCC1=C2C=C3C=CC(=N3)C=c3ccc([nH]3)=Cc3ccc([nH]3)C=C(N2)C1=N. The Balaban J connectivity index is 1.70. The van der Waals surface area contributed by atoms with Gasteiger partial charge in [-0.2, -0.15) is 0 Å². The Morgan fingerprint density at radius 1 is 0.893 bits per heavy atom. The highest BCUT2D eigenvalue weighted by molar-refractivity contribution is 6.19. The summed E-state index contributed by atoms with van der Waals surface area (Å²) in [6.45, 7) is 2.14. The van der Waals surface area contributed by atoms with Crippen molar-refractivity contribution in [1.82, 2.24) is 15.3 Å². The molecule has 0 radical (unpaired) electrons. The number of fused-ring (bicyclic) bond motifs is 7. The summed E-state index contributed by atoms with van der Waals surface area (Å²) < 4.78 is 0. The maximum Gasteiger partial charge on any atom is 0.0828 e. The van der Waals surface area contributed by atoms with E-state index >= 15 is 0 Å². The number of aliphatic imine (C=N–C) groups is 1. The number of rotatable bonds is 2. The van der Waals surface area contributed by atoms with E-state index in [9.17, 15) is 0 Å². The van der Waals surface area contributed by atoms with Crippen LogP contribution in [0.25, 0.3) is 18.2 Å². The molecule has 5 heteroatoms. The molecule has 0 atom stereocenters. The van der Waals surface area contributed by atoms with Gasteiger partial charge in [0.1, 0.15) is 0 Å². The van der Waals surface area contributed by atoms with E-state index in [0.717, 1.165) is 63.3 Å². The standard InChI is InChI=1S/C23H21N5/c1-2-3-20-21-12-18-8-6-16(26-18)10-14-4-5-15(25-14)11-17-7-9-19(27-17)13-22(28-21)23(20)24/h4-13,24-25,27-28H,2-3H2,1H3. The molecule has 3 aliphatic heterocycles. The molecule has 0 fully saturated rings. The molecule has 0 saturated carbocycles. The van der Waals surface area contributed by atoms with E-state index < -0.39 is 0 Å². The van der Waals surface area contributed by atoms with Gasteiger partial charge < -0.3 is 15.3 Å². The number of aromatic amines is 2. The predicted molar refractivity (Wildman–Crippen MR) is 114 cm³/mol. The Hall–Kier alpha value is -3.60. The minimum absolute atomic E-state index is 0.560. The number of nitrogens with one attached hydrogen (secondary N) is 4. The zero-order valence-electron chi connectivity index (χ0n) is 15.6. The number of aromatic nitrogens is 2. The van der Waals surface area contributed by atoms with Crippen molar-refractivity contribution in [2.24, 2.45) is 4.99 Å². The molecule has 4 N–H and O–H groups in total. The summed E-state index contributed by atoms with van der Waals surface area (Å²) in [5.41, 5.74) is 7.17. The molecule has 3 aliphatic rings. The van der Waals surface area contributed by atoms with Crippen molar-refractivity contribution in [3.63, 3.8) is 0 Å². The smallest absolute Gasteiger partial charge is 0.0828 e. The first-order chi connectivity index (χ1) is 13.7. The van der Waals surface area contributed by atoms with Crippen molar-refractivity contribution in [2.75, 3.05) is 0 Å². The average Bonchev–Trinajstić information content (AvgIpc) is 3.44. The monoisotopic (exact) mass is 367 g/mol. The van der Waals surface area contributed by atoms with Crippen LogP contribution in [0, 0.1) is 5.41 Å². The number of H-pyrrole nitrogens is 2. The van der Waals surface area contributed by atoms with Crippen LogP contribution in [0.4, 0.5) is 0 Å². The average molecular weight is 367 g/mol. The van der Waals surface area contributed by atoms with Crippen molar-refractivity contribution in [1.29, 1.82) is 5.41 Å². The molecule has 2 aromatic heterocycles. The summed E-state index contributed by atoms with van der Waals surface area (Å²) in [5, 5.41) is 14.1. The van der Waals surface area contributed by atoms with Crippen LogP contribution in [0.1, 0.15) is 31.2 Å². The summed E-state index contributed by atoms with van der Waals surface area (Å²) in [6, 6.07) is 8.19. The van der Waals surface area contributed by atoms with E-state index in [-0.39, 0.29) is 0 Å². The van der Waals surface area contributed by atoms with E-state index in [0.29, 0.717) is 5.71 Å². The van der Waals surface area contributed by atoms with Crippen LogP contribution in [-0.4, -0.2) is 21.4 Å². The van der Waals surface area contributed by atoms with Crippen LogP contribution in [-0.2, 0) is 0 Å². The van der Waals surface area contributed by atoms with Crippen molar-refractivity contribution < 1.29 is 0 Å². The molecule has 5 heterocycles. The molecule has 0 spiro atoms. The minimum Gasteiger partial charge on any atom is -0.355 e. The molecule has 138 valence electrons. The topological polar surface area (TPSA) is 79.8 Å². The molecule has 0 saturated heterocycles. The normalized spacial score (nSPS) is 17.6. The molecular formula is C23H21N5. The number of nitrogens with zero attached hydrogens (tertiary/aromatic N) is 1. The van der Waals surface area contributed by atoms with Gasteiger partial charge in [-0.3, -0.25) is 5.41 Å². The van der Waals surface area contributed by atoms with Gasteiger partial charge in [-0.25, -0.2) is 4.99 Å². The second kappa shape index (κ2) is 6.53. The Morgan fingerprint density at radius 3 is 2.50 bits per heavy atom. The first-order valence-electron chi connectivity index (χ1n) is 9.55. The largest absolute Gasteiger partial charge is 0.355 e. The summed E-state index contributed by atoms with van der Waals surface area (Å²) >= 11 is 0. The third-order valence-electron chi connectivity index (χ3n) is 5.02. The Bertz CT molecular complexity index is 1250. The third-order valence-corrected chi connectivity index (χ3v) is 5.02. The summed E-state index contributed by atoms with van der Waals surface area (Å²) in [6.07, 6.45) is 14.0. The highest BCUT2D eigenvalue weighted by atomic mass is 15.0. The molecule has 8 bridgehead atoms. The zero-order chi connectivity index (χ0) is 19.1. The molecular weight excluding hydrogens is 346 g/mol. The summed E-state index contributed by atoms with van der Waals surface area (Å²) in [4.78, 5) is 11.5. The first-order valence-corrected chi connectivity index (χ1v) is 9.55. The van der Waals surface area contributed by atoms with Gasteiger partial charge in [0.05, 0.1) is 22.8 Å². The van der Waals surface area contributed by atoms with Gasteiger partial charge in [0.15, 0.2) is 0 Å². The van der Waals surface area contributed by atoms with Gasteiger partial charge in [0.2, 0.25) is 0 Å². The van der Waals surface area contributed by atoms with E-state index in [1.165, 1.54) is 0 Å². The lowest BCUT2D eigenvalue weighted by atomic mass is 10.0. The second-order valence-corrected chi connectivity index (χ2v) is 7.17. The fourth-order valence-corrected chi connectivity index (χ4v) is 3.70. The molecule has 0 aromatic carbocycles. The van der Waals surface area contributed by atoms with Crippen LogP contribution >= 0.6 is 0 Å². The highest BCUT2D eigenvalue weighted by Crippen LogP contribution is 2.26. The maximum atomic E-state index is 8.64. The van der Waals surface area contributed by atoms with Crippen LogP contribution in [0.3, 0.4) is 0 Å². The molecule has 28 heavy (non-hydrogen) atoms.